The summed E-state index contributed by atoms with van der Waals surface area (Å²) in [5.41, 5.74) is 1.13. The van der Waals surface area contributed by atoms with Gasteiger partial charge in [-0.2, -0.15) is 0 Å². The third-order valence-electron chi connectivity index (χ3n) is 3.17. The smallest absolute Gasteiger partial charge is 0.144 e. The first kappa shape index (κ1) is 12.1. The fourth-order valence-electron chi connectivity index (χ4n) is 2.11. The highest BCUT2D eigenvalue weighted by Crippen LogP contribution is 2.32. The summed E-state index contributed by atoms with van der Waals surface area (Å²) in [6.07, 6.45) is 2.68. The molecule has 0 radical (unpaired) electrons. The molecule has 3 aromatic rings. The Morgan fingerprint density at radius 1 is 1.16 bits per heavy atom. The minimum Gasteiger partial charge on any atom is -0.329 e. The number of nitrogens with zero attached hydrogens (tertiary/aromatic N) is 3. The first-order valence-corrected chi connectivity index (χ1v) is 7.13. The molecule has 0 aliphatic heterocycles. The van der Waals surface area contributed by atoms with Crippen LogP contribution >= 0.6 is 11.3 Å². The molecular formula is C15H15N3S. The Morgan fingerprint density at radius 2 is 1.95 bits per heavy atom. The second-order valence-electron chi connectivity index (χ2n) is 4.38. The predicted molar refractivity (Wildman–Crippen MR) is 81.3 cm³/mol. The third-order valence-corrected chi connectivity index (χ3v) is 4.36. The van der Waals surface area contributed by atoms with Crippen molar-refractivity contribution in [2.24, 2.45) is 0 Å². The number of hydrogen-bond donors (Lipinski definition) is 0. The average molecular weight is 269 g/mol. The van der Waals surface area contributed by atoms with Gasteiger partial charge in [0.15, 0.2) is 0 Å². The molecule has 0 saturated heterocycles. The Bertz CT molecular complexity index is 691. The highest BCUT2D eigenvalue weighted by molar-refractivity contribution is 7.18. The molecule has 0 bridgehead atoms. The zero-order valence-corrected chi connectivity index (χ0v) is 11.8. The van der Waals surface area contributed by atoms with Gasteiger partial charge in [0.1, 0.15) is 17.0 Å². The van der Waals surface area contributed by atoms with Crippen molar-refractivity contribution in [1.82, 2.24) is 9.97 Å². The molecule has 0 aliphatic carbocycles. The molecule has 4 heteroatoms. The molecule has 96 valence electrons. The fraction of sp³-hybridized carbons (Fsp3) is 0.200. The molecule has 19 heavy (non-hydrogen) atoms. The van der Waals surface area contributed by atoms with Crippen molar-refractivity contribution in [2.45, 2.75) is 13.3 Å². The molecule has 0 unspecified atom stereocenters. The van der Waals surface area contributed by atoms with Crippen molar-refractivity contribution in [1.29, 1.82) is 0 Å². The minimum absolute atomic E-state index is 0.965. The van der Waals surface area contributed by atoms with E-state index in [2.05, 4.69) is 40.0 Å². The SMILES string of the molecule is CCc1cc2c(N(C)c3ccccc3)ncnc2s1. The summed E-state index contributed by atoms with van der Waals surface area (Å²) in [5, 5.41) is 1.13. The van der Waals surface area contributed by atoms with Crippen molar-refractivity contribution in [2.75, 3.05) is 11.9 Å². The normalized spacial score (nSPS) is 10.8. The van der Waals surface area contributed by atoms with Gasteiger partial charge in [-0.25, -0.2) is 9.97 Å². The van der Waals surface area contributed by atoms with Crippen molar-refractivity contribution < 1.29 is 0 Å². The summed E-state index contributed by atoms with van der Waals surface area (Å²) >= 11 is 1.75. The summed E-state index contributed by atoms with van der Waals surface area (Å²) < 4.78 is 0. The molecule has 0 fully saturated rings. The Kier molecular flexibility index (Phi) is 3.17. The number of thiophene rings is 1. The maximum atomic E-state index is 4.45. The van der Waals surface area contributed by atoms with Crippen LogP contribution in [0.25, 0.3) is 10.2 Å². The summed E-state index contributed by atoms with van der Waals surface area (Å²) in [5.74, 6) is 0.965. The quantitative estimate of drug-likeness (QED) is 0.719. The number of para-hydroxylation sites is 1. The lowest BCUT2D eigenvalue weighted by Gasteiger charge is -2.18. The highest BCUT2D eigenvalue weighted by atomic mass is 32.1. The maximum absolute atomic E-state index is 4.45. The predicted octanol–water partition coefficient (Wildman–Crippen LogP) is 4.02. The van der Waals surface area contributed by atoms with E-state index in [1.807, 2.05) is 25.2 Å². The topological polar surface area (TPSA) is 29.0 Å². The number of anilines is 2. The summed E-state index contributed by atoms with van der Waals surface area (Å²) in [6, 6.07) is 12.5. The van der Waals surface area contributed by atoms with Crippen LogP contribution in [0.2, 0.25) is 0 Å². The van der Waals surface area contributed by atoms with Crippen molar-refractivity contribution in [3.05, 3.63) is 47.6 Å². The van der Waals surface area contributed by atoms with Crippen LogP contribution in [0.1, 0.15) is 11.8 Å². The number of benzene rings is 1. The van der Waals surface area contributed by atoms with E-state index in [1.54, 1.807) is 17.7 Å². The van der Waals surface area contributed by atoms with Gasteiger partial charge >= 0.3 is 0 Å². The van der Waals surface area contributed by atoms with Gasteiger partial charge in [-0.15, -0.1) is 11.3 Å². The van der Waals surface area contributed by atoms with Gasteiger partial charge < -0.3 is 4.90 Å². The second kappa shape index (κ2) is 4.97. The van der Waals surface area contributed by atoms with Crippen molar-refractivity contribution in [3.63, 3.8) is 0 Å². The molecule has 0 saturated carbocycles. The van der Waals surface area contributed by atoms with E-state index in [1.165, 1.54) is 4.88 Å². The molecule has 0 N–H and O–H groups in total. The Morgan fingerprint density at radius 3 is 2.68 bits per heavy atom. The van der Waals surface area contributed by atoms with E-state index < -0.39 is 0 Å². The van der Waals surface area contributed by atoms with E-state index in [-0.39, 0.29) is 0 Å². The first-order chi connectivity index (χ1) is 9.29. The lowest BCUT2D eigenvalue weighted by molar-refractivity contribution is 1.11. The van der Waals surface area contributed by atoms with Crippen LogP contribution in [0.5, 0.6) is 0 Å². The van der Waals surface area contributed by atoms with E-state index in [9.17, 15) is 0 Å². The van der Waals surface area contributed by atoms with Crippen molar-refractivity contribution >= 4 is 33.1 Å². The summed E-state index contributed by atoms with van der Waals surface area (Å²) in [4.78, 5) is 13.3. The van der Waals surface area contributed by atoms with Gasteiger partial charge in [0.05, 0.1) is 5.39 Å². The van der Waals surface area contributed by atoms with Gasteiger partial charge in [-0.3, -0.25) is 0 Å². The molecule has 3 rings (SSSR count). The van der Waals surface area contributed by atoms with Crippen LogP contribution in [0, 0.1) is 0 Å². The van der Waals surface area contributed by atoms with E-state index >= 15 is 0 Å². The summed E-state index contributed by atoms with van der Waals surface area (Å²) in [6.45, 7) is 2.17. The fourth-order valence-corrected chi connectivity index (χ4v) is 3.04. The first-order valence-electron chi connectivity index (χ1n) is 6.31. The lowest BCUT2D eigenvalue weighted by atomic mass is 10.2. The Labute approximate surface area is 116 Å². The monoisotopic (exact) mass is 269 g/mol. The van der Waals surface area contributed by atoms with Crippen LogP contribution < -0.4 is 4.90 Å². The van der Waals surface area contributed by atoms with Crippen LogP contribution in [0.4, 0.5) is 11.5 Å². The van der Waals surface area contributed by atoms with Gasteiger partial charge in [0, 0.05) is 17.6 Å². The van der Waals surface area contributed by atoms with Crippen LogP contribution in [-0.4, -0.2) is 17.0 Å². The standard InChI is InChI=1S/C15H15N3S/c1-3-12-9-13-14(16-10-17-15(13)19-12)18(2)11-7-5-4-6-8-11/h4-10H,3H2,1-2H3. The Hall–Kier alpha value is -1.94. The zero-order chi connectivity index (χ0) is 13.2. The Balaban J connectivity index is 2.12. The number of rotatable bonds is 3. The average Bonchev–Trinajstić information content (AvgIpc) is 2.90. The largest absolute Gasteiger partial charge is 0.329 e. The second-order valence-corrected chi connectivity index (χ2v) is 5.49. The molecule has 2 heterocycles. The molecule has 0 aliphatic rings. The van der Waals surface area contributed by atoms with Gasteiger partial charge in [0.25, 0.3) is 0 Å². The van der Waals surface area contributed by atoms with Crippen LogP contribution in [0.3, 0.4) is 0 Å². The molecule has 2 aromatic heterocycles. The van der Waals surface area contributed by atoms with E-state index in [4.69, 9.17) is 0 Å². The van der Waals surface area contributed by atoms with Gasteiger partial charge in [0.2, 0.25) is 0 Å². The van der Waals surface area contributed by atoms with Gasteiger partial charge in [-0.05, 0) is 24.6 Å². The zero-order valence-electron chi connectivity index (χ0n) is 11.0. The third kappa shape index (κ3) is 2.19. The van der Waals surface area contributed by atoms with E-state index in [0.29, 0.717) is 0 Å². The number of fused-ring (bicyclic) bond motifs is 1. The van der Waals surface area contributed by atoms with Crippen molar-refractivity contribution in [3.8, 4) is 0 Å². The number of hydrogen-bond acceptors (Lipinski definition) is 4. The van der Waals surface area contributed by atoms with Crippen LogP contribution in [0.15, 0.2) is 42.7 Å². The number of aryl methyl sites for hydroxylation is 1. The minimum atomic E-state index is 0.965. The molecule has 0 spiro atoms. The maximum Gasteiger partial charge on any atom is 0.144 e. The summed E-state index contributed by atoms with van der Waals surface area (Å²) in [7, 11) is 2.04. The molecule has 3 nitrogen and oxygen atoms in total. The molecule has 1 aromatic carbocycles. The van der Waals surface area contributed by atoms with Gasteiger partial charge in [-0.1, -0.05) is 25.1 Å². The number of aromatic nitrogens is 2. The lowest BCUT2D eigenvalue weighted by Crippen LogP contribution is -2.11. The molecule has 0 amide bonds. The molecule has 0 atom stereocenters. The van der Waals surface area contributed by atoms with E-state index in [0.717, 1.165) is 28.1 Å². The van der Waals surface area contributed by atoms with Crippen LogP contribution in [-0.2, 0) is 6.42 Å². The molecular weight excluding hydrogens is 254 g/mol. The highest BCUT2D eigenvalue weighted by Gasteiger charge is 2.12.